The van der Waals surface area contributed by atoms with Gasteiger partial charge in [0.2, 0.25) is 0 Å². The van der Waals surface area contributed by atoms with Crippen LogP contribution in [-0.4, -0.2) is 92.3 Å². The Hall–Kier alpha value is -2.78. The number of Topliss-reactive ketones (excluding diaryl/α,β-unsaturated/α-hetero) is 2. The van der Waals surface area contributed by atoms with Crippen molar-refractivity contribution >= 4 is 35.4 Å². The molecule has 6 amide bonds. The highest BCUT2D eigenvalue weighted by Crippen LogP contribution is 2.28. The molecule has 0 saturated carbocycles. The molecule has 2 heterocycles. The molecule has 0 atom stereocenters. The van der Waals surface area contributed by atoms with Crippen LogP contribution in [0.1, 0.15) is 107 Å². The normalized spacial score (nSPS) is 16.6. The molecular weight excluding hydrogens is 488 g/mol. The number of carbonyl (C=O) groups is 6. The van der Waals surface area contributed by atoms with Gasteiger partial charge in [0, 0.05) is 49.9 Å². The zero-order chi connectivity index (χ0) is 28.0. The van der Waals surface area contributed by atoms with Crippen molar-refractivity contribution < 1.29 is 28.8 Å². The number of amides is 6. The molecule has 0 radical (unpaired) electrons. The van der Waals surface area contributed by atoms with Gasteiger partial charge in [0.05, 0.1) is 0 Å². The number of rotatable bonds is 16. The molecule has 0 aromatic carbocycles. The van der Waals surface area contributed by atoms with E-state index in [1.165, 1.54) is 19.6 Å². The minimum atomic E-state index is -0.652. The van der Waals surface area contributed by atoms with Crippen molar-refractivity contribution in [3.05, 3.63) is 0 Å². The molecule has 0 aromatic rings. The number of carbonyl (C=O) groups excluding carboxylic acids is 6. The van der Waals surface area contributed by atoms with Gasteiger partial charge >= 0.3 is 12.1 Å². The van der Waals surface area contributed by atoms with Crippen LogP contribution in [0.2, 0.25) is 0 Å². The molecule has 0 aromatic heterocycles. The second kappa shape index (κ2) is 13.8. The average Bonchev–Trinajstić information content (AvgIpc) is 3.27. The number of urea groups is 2. The van der Waals surface area contributed by atoms with Gasteiger partial charge in [-0.15, -0.1) is 0 Å². The van der Waals surface area contributed by atoms with E-state index >= 15 is 0 Å². The van der Waals surface area contributed by atoms with Crippen LogP contribution >= 0.6 is 0 Å². The van der Waals surface area contributed by atoms with Crippen LogP contribution in [0.3, 0.4) is 0 Å². The van der Waals surface area contributed by atoms with Gasteiger partial charge in [-0.3, -0.25) is 29.0 Å². The Kier molecular flexibility index (Phi) is 12.1. The van der Waals surface area contributed by atoms with Gasteiger partial charge in [-0.1, -0.05) is 7.43 Å². The molecule has 0 aliphatic carbocycles. The summed E-state index contributed by atoms with van der Waals surface area (Å²) in [5, 5.41) is 0. The third-order valence-electron chi connectivity index (χ3n) is 7.45. The van der Waals surface area contributed by atoms with Gasteiger partial charge in [-0.2, -0.15) is 0 Å². The molecule has 2 saturated heterocycles. The summed E-state index contributed by atoms with van der Waals surface area (Å²) >= 11 is 0. The van der Waals surface area contributed by atoms with Crippen LogP contribution in [0.25, 0.3) is 0 Å². The van der Waals surface area contributed by atoms with E-state index in [1.807, 2.05) is 41.5 Å². The lowest BCUT2D eigenvalue weighted by molar-refractivity contribution is -0.130. The number of likely N-dealkylation sites (N-methyl/N-ethyl adjacent to an activating group) is 2. The van der Waals surface area contributed by atoms with E-state index in [1.54, 1.807) is 0 Å². The van der Waals surface area contributed by atoms with Crippen LogP contribution in [0.4, 0.5) is 9.59 Å². The monoisotopic (exact) mass is 536 g/mol. The van der Waals surface area contributed by atoms with Crippen molar-refractivity contribution in [2.45, 2.75) is 118 Å². The quantitative estimate of drug-likeness (QED) is 0.270. The zero-order valence-corrected chi connectivity index (χ0v) is 23.4. The SMILES string of the molecule is C.CCN1CC(=O)N(C(C)(C)CCCC(=O)CCCC(=O)CCCC(C)(C)N2C(=O)CN(CC)C2=O)C1=O. The highest BCUT2D eigenvalue weighted by Gasteiger charge is 2.44. The third-order valence-corrected chi connectivity index (χ3v) is 7.45. The minimum Gasteiger partial charge on any atom is -0.315 e. The first kappa shape index (κ1) is 33.2. The Morgan fingerprint density at radius 2 is 0.947 bits per heavy atom. The van der Waals surface area contributed by atoms with Crippen LogP contribution in [0.5, 0.6) is 0 Å². The summed E-state index contributed by atoms with van der Waals surface area (Å²) in [5.74, 6) is -0.255. The third kappa shape index (κ3) is 8.11. The van der Waals surface area contributed by atoms with Gasteiger partial charge < -0.3 is 9.80 Å². The zero-order valence-electron chi connectivity index (χ0n) is 23.4. The fourth-order valence-electron chi connectivity index (χ4n) is 5.18. The summed E-state index contributed by atoms with van der Waals surface area (Å²) in [7, 11) is 0. The summed E-state index contributed by atoms with van der Waals surface area (Å²) in [6, 6.07) is -0.542. The molecule has 38 heavy (non-hydrogen) atoms. The Morgan fingerprint density at radius 3 is 1.24 bits per heavy atom. The standard InChI is InChI=1S/C27H44N4O6.CH4/c1-7-28-18-22(34)30(24(28)36)26(3,4)16-10-14-20(32)12-9-13-21(33)15-11-17-27(5,6)31-23(35)19-29(8-2)25(31)37;/h7-19H2,1-6H3;1H4. The first-order valence-electron chi connectivity index (χ1n) is 13.5. The largest absolute Gasteiger partial charge is 0.327 e. The Morgan fingerprint density at radius 1 is 0.632 bits per heavy atom. The Bertz CT molecular complexity index is 841. The molecule has 0 unspecified atom stereocenters. The summed E-state index contributed by atoms with van der Waals surface area (Å²) in [4.78, 5) is 79.8. The summed E-state index contributed by atoms with van der Waals surface area (Å²) < 4.78 is 0. The van der Waals surface area contributed by atoms with Crippen LogP contribution in [-0.2, 0) is 19.2 Å². The van der Waals surface area contributed by atoms with E-state index < -0.39 is 11.1 Å². The molecule has 2 aliphatic heterocycles. The fraction of sp³-hybridized carbons (Fsp3) is 0.786. The summed E-state index contributed by atoms with van der Waals surface area (Å²) in [6.07, 6.45) is 4.08. The maximum Gasteiger partial charge on any atom is 0.327 e. The predicted molar refractivity (Wildman–Crippen MR) is 145 cm³/mol. The van der Waals surface area contributed by atoms with Crippen molar-refractivity contribution in [2.24, 2.45) is 0 Å². The van der Waals surface area contributed by atoms with Crippen molar-refractivity contribution in [2.75, 3.05) is 26.2 Å². The molecule has 216 valence electrons. The second-order valence-electron chi connectivity index (χ2n) is 11.3. The van der Waals surface area contributed by atoms with Crippen molar-refractivity contribution in [1.82, 2.24) is 19.6 Å². The van der Waals surface area contributed by atoms with Gasteiger partial charge in [0.15, 0.2) is 0 Å². The van der Waals surface area contributed by atoms with E-state index in [9.17, 15) is 28.8 Å². The molecule has 0 N–H and O–H groups in total. The molecule has 2 rings (SSSR count). The van der Waals surface area contributed by atoms with Crippen molar-refractivity contribution in [3.63, 3.8) is 0 Å². The van der Waals surface area contributed by atoms with Crippen LogP contribution < -0.4 is 0 Å². The van der Waals surface area contributed by atoms with Crippen molar-refractivity contribution in [1.29, 1.82) is 0 Å². The Balaban J connectivity index is 0.00000722. The topological polar surface area (TPSA) is 115 Å². The lowest BCUT2D eigenvalue weighted by Gasteiger charge is -2.33. The van der Waals surface area contributed by atoms with Gasteiger partial charge in [0.25, 0.3) is 11.8 Å². The first-order valence-corrected chi connectivity index (χ1v) is 13.5. The molecule has 10 heteroatoms. The lowest BCUT2D eigenvalue weighted by Crippen LogP contribution is -2.48. The number of ketones is 2. The molecule has 2 aliphatic rings. The van der Waals surface area contributed by atoms with Gasteiger partial charge in [-0.25, -0.2) is 9.59 Å². The fourth-order valence-corrected chi connectivity index (χ4v) is 5.18. The summed E-state index contributed by atoms with van der Waals surface area (Å²) in [5.41, 5.74) is -1.30. The van der Waals surface area contributed by atoms with E-state index in [4.69, 9.17) is 0 Å². The summed E-state index contributed by atoms with van der Waals surface area (Å²) in [6.45, 7) is 12.3. The smallest absolute Gasteiger partial charge is 0.315 e. The average molecular weight is 537 g/mol. The highest BCUT2D eigenvalue weighted by molar-refractivity contribution is 6.03. The van der Waals surface area contributed by atoms with E-state index in [-0.39, 0.29) is 56.0 Å². The molecule has 10 nitrogen and oxygen atoms in total. The van der Waals surface area contributed by atoms with Crippen molar-refractivity contribution in [3.8, 4) is 0 Å². The first-order chi connectivity index (χ1) is 17.2. The van der Waals surface area contributed by atoms with Gasteiger partial charge in [0.1, 0.15) is 24.7 Å². The lowest BCUT2D eigenvalue weighted by atomic mass is 9.93. The highest BCUT2D eigenvalue weighted by atomic mass is 16.2. The second-order valence-corrected chi connectivity index (χ2v) is 11.3. The maximum atomic E-state index is 12.4. The Labute approximate surface area is 228 Å². The predicted octanol–water partition coefficient (Wildman–Crippen LogP) is 4.40. The van der Waals surface area contributed by atoms with E-state index in [0.717, 1.165) is 0 Å². The maximum absolute atomic E-state index is 12.4. The van der Waals surface area contributed by atoms with E-state index in [0.29, 0.717) is 70.9 Å². The number of hydrogen-bond acceptors (Lipinski definition) is 6. The molecular formula is C28H48N4O6. The molecule has 2 fully saturated rings. The number of nitrogens with zero attached hydrogens (tertiary/aromatic N) is 4. The molecule has 0 bridgehead atoms. The van der Waals surface area contributed by atoms with Crippen LogP contribution in [0.15, 0.2) is 0 Å². The number of imide groups is 2. The minimum absolute atomic E-state index is 0. The van der Waals surface area contributed by atoms with Crippen LogP contribution in [0, 0.1) is 0 Å². The molecule has 0 spiro atoms. The number of hydrogen-bond donors (Lipinski definition) is 0. The van der Waals surface area contributed by atoms with E-state index in [2.05, 4.69) is 0 Å². The van der Waals surface area contributed by atoms with Gasteiger partial charge in [-0.05, 0) is 73.6 Å².